The summed E-state index contributed by atoms with van der Waals surface area (Å²) in [5, 5.41) is 3.33. The van der Waals surface area contributed by atoms with E-state index in [2.05, 4.69) is 67.4 Å². The van der Waals surface area contributed by atoms with E-state index in [0.717, 1.165) is 82.1 Å². The molecule has 0 saturated carbocycles. The van der Waals surface area contributed by atoms with Crippen LogP contribution in [0, 0.1) is 0 Å². The Morgan fingerprint density at radius 3 is 2.58 bits per heavy atom. The molecule has 2 aromatic carbocycles. The fourth-order valence-corrected chi connectivity index (χ4v) is 7.33. The number of urea groups is 1. The molecule has 3 aliphatic rings. The van der Waals surface area contributed by atoms with Crippen LogP contribution >= 0.6 is 11.3 Å². The molecule has 212 valence electrons. The number of anilines is 2. The van der Waals surface area contributed by atoms with Gasteiger partial charge in [-0.2, -0.15) is 0 Å². The van der Waals surface area contributed by atoms with Gasteiger partial charge in [0.15, 0.2) is 0 Å². The molecule has 1 aromatic heterocycles. The fourth-order valence-electron chi connectivity index (χ4n) is 6.05. The maximum Gasteiger partial charge on any atom is 0.326 e. The molecule has 0 radical (unpaired) electrons. The molecule has 3 aromatic rings. The molecule has 0 spiro atoms. The Bertz CT molecular complexity index is 1370. The van der Waals surface area contributed by atoms with E-state index in [9.17, 15) is 4.79 Å². The Labute approximate surface area is 242 Å². The highest BCUT2D eigenvalue weighted by molar-refractivity contribution is 7.16. The van der Waals surface area contributed by atoms with E-state index >= 15 is 0 Å². The monoisotopic (exact) mass is 559 g/mol. The molecule has 6 nitrogen and oxygen atoms in total. The van der Waals surface area contributed by atoms with E-state index < -0.39 is 0 Å². The van der Waals surface area contributed by atoms with Gasteiger partial charge in [0.05, 0.1) is 23.8 Å². The van der Waals surface area contributed by atoms with Crippen LogP contribution in [-0.2, 0) is 29.4 Å². The van der Waals surface area contributed by atoms with Crippen molar-refractivity contribution in [3.8, 4) is 16.2 Å². The molecule has 1 aliphatic carbocycles. The molecule has 1 N–H and O–H groups in total. The predicted molar refractivity (Wildman–Crippen MR) is 164 cm³/mol. The number of fused-ring (bicyclic) bond motifs is 4. The third-order valence-electron chi connectivity index (χ3n) is 8.36. The first kappa shape index (κ1) is 27.3. The molecule has 40 heavy (non-hydrogen) atoms. The van der Waals surface area contributed by atoms with Crippen molar-refractivity contribution in [3.05, 3.63) is 64.0 Å². The summed E-state index contributed by atoms with van der Waals surface area (Å²) in [7, 11) is 0. The van der Waals surface area contributed by atoms with Gasteiger partial charge in [0, 0.05) is 36.7 Å². The number of rotatable bonds is 5. The van der Waals surface area contributed by atoms with E-state index in [1.54, 1.807) is 0 Å². The zero-order valence-electron chi connectivity index (χ0n) is 24.1. The van der Waals surface area contributed by atoms with Gasteiger partial charge in [-0.05, 0) is 78.0 Å². The third-order valence-corrected chi connectivity index (χ3v) is 9.94. The molecular weight excluding hydrogens is 518 g/mol. The van der Waals surface area contributed by atoms with Crippen LogP contribution in [0.2, 0.25) is 0 Å². The highest BCUT2D eigenvalue weighted by Crippen LogP contribution is 2.46. The molecule has 2 aliphatic heterocycles. The van der Waals surface area contributed by atoms with Crippen LogP contribution in [0.25, 0.3) is 10.4 Å². The lowest BCUT2D eigenvalue weighted by atomic mass is 9.89. The number of morpholine rings is 1. The van der Waals surface area contributed by atoms with Gasteiger partial charge in [0.2, 0.25) is 0 Å². The van der Waals surface area contributed by atoms with Crippen molar-refractivity contribution >= 4 is 28.7 Å². The Kier molecular flexibility index (Phi) is 7.89. The largest absolute Gasteiger partial charge is 0.492 e. The first-order chi connectivity index (χ1) is 19.4. The topological polar surface area (TPSA) is 54.0 Å². The smallest absolute Gasteiger partial charge is 0.326 e. The van der Waals surface area contributed by atoms with E-state index in [4.69, 9.17) is 9.47 Å². The normalized spacial score (nSPS) is 17.4. The molecule has 1 fully saturated rings. The number of hydrogen-bond donors (Lipinski definition) is 1. The second kappa shape index (κ2) is 11.6. The lowest BCUT2D eigenvalue weighted by Gasteiger charge is -2.28. The van der Waals surface area contributed by atoms with Crippen LogP contribution < -0.4 is 15.0 Å². The van der Waals surface area contributed by atoms with E-state index in [1.807, 2.05) is 22.3 Å². The Morgan fingerprint density at radius 2 is 1.77 bits per heavy atom. The van der Waals surface area contributed by atoms with E-state index in [1.165, 1.54) is 32.0 Å². The number of amides is 2. The maximum absolute atomic E-state index is 14.0. The number of hydrogen-bond acceptors (Lipinski definition) is 5. The summed E-state index contributed by atoms with van der Waals surface area (Å²) in [6.45, 7) is 12.5. The van der Waals surface area contributed by atoms with Gasteiger partial charge in [-0.25, -0.2) is 4.79 Å². The molecule has 0 atom stereocenters. The maximum atomic E-state index is 14.0. The number of ether oxygens (including phenoxy) is 2. The van der Waals surface area contributed by atoms with Crippen molar-refractivity contribution < 1.29 is 14.3 Å². The van der Waals surface area contributed by atoms with Crippen LogP contribution in [0.1, 0.15) is 55.2 Å². The summed E-state index contributed by atoms with van der Waals surface area (Å²) in [6.07, 6.45) is 5.09. The Balaban J connectivity index is 1.24. The number of carbonyl (C=O) groups excluding carboxylic acids is 1. The summed E-state index contributed by atoms with van der Waals surface area (Å²) in [5.41, 5.74) is 7.03. The second-order valence-corrected chi connectivity index (χ2v) is 13.2. The van der Waals surface area contributed by atoms with E-state index in [-0.39, 0.29) is 11.4 Å². The standard InChI is InChI=1S/C33H41N3O3S/c1-33(2,3)30-22-28-31(40-30)24-9-5-4-8-23(24)14-15-36(28)32(37)34-27-12-13-29(26-11-7-6-10-25(26)27)39-21-18-35-16-19-38-20-17-35/h4-5,8-9,12-13,22H,6-7,10-11,14-21H2,1-3H3,(H,34,37). The van der Waals surface area contributed by atoms with Crippen molar-refractivity contribution in [2.24, 2.45) is 0 Å². The van der Waals surface area contributed by atoms with Crippen molar-refractivity contribution in [1.82, 2.24) is 4.90 Å². The van der Waals surface area contributed by atoms with Crippen molar-refractivity contribution in [1.29, 1.82) is 0 Å². The molecule has 6 rings (SSSR count). The molecular formula is C33H41N3O3S. The lowest BCUT2D eigenvalue weighted by Crippen LogP contribution is -2.38. The molecule has 3 heterocycles. The minimum Gasteiger partial charge on any atom is -0.492 e. The zero-order chi connectivity index (χ0) is 27.7. The first-order valence-electron chi connectivity index (χ1n) is 14.8. The SMILES string of the molecule is CC(C)(C)c1cc2c(s1)-c1ccccc1CCN2C(=O)Nc1ccc(OCCN2CCOCC2)c2c1CCCC2. The fraction of sp³-hybridized carbons (Fsp3) is 0.485. The van der Waals surface area contributed by atoms with Crippen LogP contribution in [-0.4, -0.2) is 56.9 Å². The summed E-state index contributed by atoms with van der Waals surface area (Å²) < 4.78 is 11.8. The summed E-state index contributed by atoms with van der Waals surface area (Å²) >= 11 is 1.82. The van der Waals surface area contributed by atoms with Crippen molar-refractivity contribution in [2.75, 3.05) is 56.2 Å². The summed E-state index contributed by atoms with van der Waals surface area (Å²) in [5.74, 6) is 0.973. The van der Waals surface area contributed by atoms with Crippen molar-refractivity contribution in [2.45, 2.75) is 58.3 Å². The number of carbonyl (C=O) groups is 1. The van der Waals surface area contributed by atoms with Crippen LogP contribution in [0.15, 0.2) is 42.5 Å². The highest BCUT2D eigenvalue weighted by Gasteiger charge is 2.30. The summed E-state index contributed by atoms with van der Waals surface area (Å²) in [4.78, 5) is 20.8. The average molecular weight is 560 g/mol. The Morgan fingerprint density at radius 1 is 1.00 bits per heavy atom. The number of nitrogens with one attached hydrogen (secondary N) is 1. The van der Waals surface area contributed by atoms with Gasteiger partial charge in [-0.3, -0.25) is 9.80 Å². The third kappa shape index (κ3) is 5.65. The molecule has 2 amide bonds. The van der Waals surface area contributed by atoms with Gasteiger partial charge >= 0.3 is 6.03 Å². The molecule has 0 bridgehead atoms. The van der Waals surface area contributed by atoms with Gasteiger partial charge < -0.3 is 14.8 Å². The van der Waals surface area contributed by atoms with Gasteiger partial charge in [-0.15, -0.1) is 11.3 Å². The molecule has 0 unspecified atom stereocenters. The number of nitrogens with zero attached hydrogens (tertiary/aromatic N) is 2. The quantitative estimate of drug-likeness (QED) is 0.370. The predicted octanol–water partition coefficient (Wildman–Crippen LogP) is 6.90. The average Bonchev–Trinajstić information content (AvgIpc) is 3.34. The van der Waals surface area contributed by atoms with Gasteiger partial charge in [-0.1, -0.05) is 45.0 Å². The van der Waals surface area contributed by atoms with E-state index in [0.29, 0.717) is 13.2 Å². The Hall–Kier alpha value is -2.87. The van der Waals surface area contributed by atoms with Gasteiger partial charge in [0.1, 0.15) is 12.4 Å². The second-order valence-electron chi connectivity index (χ2n) is 12.1. The minimum atomic E-state index is -0.0546. The van der Waals surface area contributed by atoms with Crippen LogP contribution in [0.4, 0.5) is 16.2 Å². The molecule has 1 saturated heterocycles. The number of benzene rings is 2. The van der Waals surface area contributed by atoms with Crippen LogP contribution in [0.5, 0.6) is 5.75 Å². The number of thiophene rings is 1. The first-order valence-corrected chi connectivity index (χ1v) is 15.6. The highest BCUT2D eigenvalue weighted by atomic mass is 32.1. The van der Waals surface area contributed by atoms with Gasteiger partial charge in [0.25, 0.3) is 0 Å². The molecule has 7 heteroatoms. The van der Waals surface area contributed by atoms with Crippen LogP contribution in [0.3, 0.4) is 0 Å². The lowest BCUT2D eigenvalue weighted by molar-refractivity contribution is 0.0322. The van der Waals surface area contributed by atoms with Crippen molar-refractivity contribution in [3.63, 3.8) is 0 Å². The minimum absolute atomic E-state index is 0.0185. The summed E-state index contributed by atoms with van der Waals surface area (Å²) in [6, 6.07) is 14.9. The zero-order valence-corrected chi connectivity index (χ0v) is 24.9.